The van der Waals surface area contributed by atoms with Crippen molar-refractivity contribution in [3.05, 3.63) is 18.2 Å². The van der Waals surface area contributed by atoms with Crippen molar-refractivity contribution in [2.24, 2.45) is 5.92 Å². The summed E-state index contributed by atoms with van der Waals surface area (Å²) in [4.78, 5) is 4.28. The molecule has 0 aliphatic carbocycles. The van der Waals surface area contributed by atoms with E-state index in [4.69, 9.17) is 0 Å². The maximum atomic E-state index is 12.0. The van der Waals surface area contributed by atoms with Crippen molar-refractivity contribution in [3.8, 4) is 0 Å². The number of sulfone groups is 1. The van der Waals surface area contributed by atoms with Crippen LogP contribution in [0.15, 0.2) is 12.5 Å². The van der Waals surface area contributed by atoms with Crippen LogP contribution in [0.2, 0.25) is 0 Å². The normalized spacial score (nSPS) is 13.1. The molecule has 0 atom stereocenters. The molecule has 0 aliphatic rings. The molecular weight excluding hydrogens is 274 g/mol. The zero-order valence-electron chi connectivity index (χ0n) is 13.2. The summed E-state index contributed by atoms with van der Waals surface area (Å²) >= 11 is 0. The van der Waals surface area contributed by atoms with Gasteiger partial charge in [-0.2, -0.15) is 0 Å². The molecule has 0 radical (unpaired) electrons. The topological polar surface area (TPSA) is 64.0 Å². The van der Waals surface area contributed by atoms with Crippen molar-refractivity contribution in [2.75, 3.05) is 12.3 Å². The van der Waals surface area contributed by atoms with E-state index < -0.39 is 14.6 Å². The molecule has 0 aliphatic heterocycles. The highest BCUT2D eigenvalue weighted by atomic mass is 32.2. The number of rotatable bonds is 7. The van der Waals surface area contributed by atoms with E-state index >= 15 is 0 Å². The van der Waals surface area contributed by atoms with Gasteiger partial charge < -0.3 is 9.88 Å². The molecular formula is C14H27N3O2S. The van der Waals surface area contributed by atoms with Crippen LogP contribution in [0, 0.1) is 5.92 Å². The third kappa shape index (κ3) is 5.25. The number of nitrogens with one attached hydrogen (secondary N) is 1. The molecule has 1 rings (SSSR count). The third-order valence-corrected chi connectivity index (χ3v) is 5.68. The Morgan fingerprint density at radius 1 is 1.35 bits per heavy atom. The highest BCUT2D eigenvalue weighted by Crippen LogP contribution is 2.16. The molecule has 0 fully saturated rings. The molecule has 0 saturated heterocycles. The molecule has 1 aromatic rings. The molecule has 5 nitrogen and oxygen atoms in total. The zero-order chi connectivity index (χ0) is 15.4. The second kappa shape index (κ2) is 6.72. The molecule has 1 N–H and O–H groups in total. The lowest BCUT2D eigenvalue weighted by Crippen LogP contribution is -2.31. The van der Waals surface area contributed by atoms with E-state index in [1.54, 1.807) is 27.1 Å². The summed E-state index contributed by atoms with van der Waals surface area (Å²) in [5, 5.41) is 3.32. The number of hydrogen-bond acceptors (Lipinski definition) is 4. The van der Waals surface area contributed by atoms with Crippen LogP contribution in [-0.2, 0) is 22.9 Å². The maximum absolute atomic E-state index is 12.0. The Labute approximate surface area is 122 Å². The Morgan fingerprint density at radius 2 is 2.00 bits per heavy atom. The average Bonchev–Trinajstić information content (AvgIpc) is 2.72. The standard InChI is InChI=1S/C14H27N3O2S/c1-12(2)8-15-9-13-10-17(11-16-13)6-7-20(18,19)14(3,4)5/h10-12,15H,6-9H2,1-5H3. The van der Waals surface area contributed by atoms with Crippen molar-refractivity contribution in [3.63, 3.8) is 0 Å². The lowest BCUT2D eigenvalue weighted by Gasteiger charge is -2.19. The summed E-state index contributed by atoms with van der Waals surface area (Å²) in [6.07, 6.45) is 3.61. The number of aromatic nitrogens is 2. The summed E-state index contributed by atoms with van der Waals surface area (Å²) in [5.41, 5.74) is 0.943. The van der Waals surface area contributed by atoms with E-state index in [-0.39, 0.29) is 5.75 Å². The number of imidazole rings is 1. The fourth-order valence-corrected chi connectivity index (χ4v) is 2.70. The number of hydrogen-bond donors (Lipinski definition) is 1. The molecule has 0 spiro atoms. The minimum Gasteiger partial charge on any atom is -0.336 e. The van der Waals surface area contributed by atoms with Gasteiger partial charge in [0.15, 0.2) is 9.84 Å². The van der Waals surface area contributed by atoms with Gasteiger partial charge in [0, 0.05) is 19.3 Å². The quantitative estimate of drug-likeness (QED) is 0.834. The molecule has 20 heavy (non-hydrogen) atoms. The number of nitrogens with zero attached hydrogens (tertiary/aromatic N) is 2. The van der Waals surface area contributed by atoms with E-state index in [0.29, 0.717) is 12.5 Å². The third-order valence-electron chi connectivity index (χ3n) is 3.10. The Kier molecular flexibility index (Phi) is 5.77. The highest BCUT2D eigenvalue weighted by Gasteiger charge is 2.28. The second-order valence-electron chi connectivity index (χ2n) is 6.56. The summed E-state index contributed by atoms with van der Waals surface area (Å²) in [7, 11) is -3.08. The minimum atomic E-state index is -3.08. The number of aryl methyl sites for hydroxylation is 1. The van der Waals surface area contributed by atoms with Crippen LogP contribution in [0.5, 0.6) is 0 Å². The van der Waals surface area contributed by atoms with Crippen molar-refractivity contribution >= 4 is 9.84 Å². The first kappa shape index (κ1) is 17.2. The predicted octanol–water partition coefficient (Wildman–Crippen LogP) is 1.84. The molecule has 1 heterocycles. The van der Waals surface area contributed by atoms with Crippen LogP contribution >= 0.6 is 0 Å². The van der Waals surface area contributed by atoms with Crippen molar-refractivity contribution in [1.82, 2.24) is 14.9 Å². The Hall–Kier alpha value is -0.880. The summed E-state index contributed by atoms with van der Waals surface area (Å²) in [5.74, 6) is 0.750. The first-order valence-electron chi connectivity index (χ1n) is 7.05. The van der Waals surface area contributed by atoms with Gasteiger partial charge in [0.1, 0.15) is 0 Å². The van der Waals surface area contributed by atoms with Gasteiger partial charge in [0.05, 0.1) is 22.5 Å². The van der Waals surface area contributed by atoms with Gasteiger partial charge in [-0.3, -0.25) is 0 Å². The van der Waals surface area contributed by atoms with Crippen LogP contribution in [0.3, 0.4) is 0 Å². The SMILES string of the molecule is CC(C)CNCc1cn(CCS(=O)(=O)C(C)(C)C)cn1. The van der Waals surface area contributed by atoms with Crippen LogP contribution in [0.25, 0.3) is 0 Å². The van der Waals surface area contributed by atoms with E-state index in [1.165, 1.54) is 0 Å². The molecule has 0 unspecified atom stereocenters. The van der Waals surface area contributed by atoms with Crippen LogP contribution < -0.4 is 5.32 Å². The lowest BCUT2D eigenvalue weighted by molar-refractivity contribution is 0.548. The van der Waals surface area contributed by atoms with Crippen LogP contribution in [-0.4, -0.2) is 35.0 Å². The summed E-state index contributed by atoms with van der Waals surface area (Å²) < 4.78 is 25.2. The lowest BCUT2D eigenvalue weighted by atomic mass is 10.2. The van der Waals surface area contributed by atoms with Crippen molar-refractivity contribution in [1.29, 1.82) is 0 Å². The predicted molar refractivity (Wildman–Crippen MR) is 82.3 cm³/mol. The molecule has 6 heteroatoms. The maximum Gasteiger partial charge on any atom is 0.156 e. The van der Waals surface area contributed by atoms with E-state index in [9.17, 15) is 8.42 Å². The smallest absolute Gasteiger partial charge is 0.156 e. The second-order valence-corrected chi connectivity index (χ2v) is 9.42. The van der Waals surface area contributed by atoms with Gasteiger partial charge >= 0.3 is 0 Å². The van der Waals surface area contributed by atoms with Crippen molar-refractivity contribution < 1.29 is 8.42 Å². The van der Waals surface area contributed by atoms with Gasteiger partial charge in [-0.25, -0.2) is 13.4 Å². The highest BCUT2D eigenvalue weighted by molar-refractivity contribution is 7.92. The fraction of sp³-hybridized carbons (Fsp3) is 0.786. The largest absolute Gasteiger partial charge is 0.336 e. The van der Waals surface area contributed by atoms with Gasteiger partial charge in [-0.1, -0.05) is 13.8 Å². The molecule has 0 saturated carbocycles. The average molecular weight is 301 g/mol. The van der Waals surface area contributed by atoms with Crippen LogP contribution in [0.1, 0.15) is 40.3 Å². The molecule has 116 valence electrons. The monoisotopic (exact) mass is 301 g/mol. The fourth-order valence-electron chi connectivity index (χ4n) is 1.64. The Morgan fingerprint density at radius 3 is 2.55 bits per heavy atom. The van der Waals surface area contributed by atoms with E-state index in [1.807, 2.05) is 10.8 Å². The minimum absolute atomic E-state index is 0.145. The van der Waals surface area contributed by atoms with Gasteiger partial charge in [-0.15, -0.1) is 0 Å². The molecule has 1 aromatic heterocycles. The Bertz CT molecular complexity index is 513. The van der Waals surface area contributed by atoms with E-state index in [0.717, 1.165) is 18.8 Å². The van der Waals surface area contributed by atoms with Gasteiger partial charge in [0.2, 0.25) is 0 Å². The van der Waals surface area contributed by atoms with Gasteiger partial charge in [0.25, 0.3) is 0 Å². The first-order valence-corrected chi connectivity index (χ1v) is 8.71. The molecule has 0 amide bonds. The Balaban J connectivity index is 2.49. The van der Waals surface area contributed by atoms with Gasteiger partial charge in [-0.05, 0) is 33.2 Å². The molecule has 0 bridgehead atoms. The van der Waals surface area contributed by atoms with Crippen molar-refractivity contribution in [2.45, 2.75) is 52.5 Å². The first-order chi connectivity index (χ1) is 9.12. The summed E-state index contributed by atoms with van der Waals surface area (Å²) in [6, 6.07) is 0. The van der Waals surface area contributed by atoms with E-state index in [2.05, 4.69) is 24.1 Å². The summed E-state index contributed by atoms with van der Waals surface area (Å²) in [6.45, 7) is 11.6. The zero-order valence-corrected chi connectivity index (χ0v) is 14.0. The van der Waals surface area contributed by atoms with Crippen LogP contribution in [0.4, 0.5) is 0 Å². The molecule has 0 aromatic carbocycles.